The first-order valence-corrected chi connectivity index (χ1v) is 4.48. The van der Waals surface area contributed by atoms with Gasteiger partial charge in [-0.1, -0.05) is 20.8 Å². The van der Waals surface area contributed by atoms with E-state index in [0.717, 1.165) is 6.54 Å². The molecule has 0 unspecified atom stereocenters. The molecule has 2 heteroatoms. The molecule has 0 N–H and O–H groups in total. The lowest BCUT2D eigenvalue weighted by Gasteiger charge is -2.15. The van der Waals surface area contributed by atoms with Gasteiger partial charge in [0.05, 0.1) is 13.6 Å². The van der Waals surface area contributed by atoms with Crippen molar-refractivity contribution >= 4 is 0 Å². The molecule has 0 amide bonds. The predicted octanol–water partition coefficient (Wildman–Crippen LogP) is 1.75. The molecule has 0 radical (unpaired) electrons. The highest BCUT2D eigenvalue weighted by atomic mass is 15.1. The van der Waals surface area contributed by atoms with E-state index >= 15 is 0 Å². The summed E-state index contributed by atoms with van der Waals surface area (Å²) in [4.78, 5) is 0. The van der Waals surface area contributed by atoms with E-state index in [0.29, 0.717) is 5.41 Å². The van der Waals surface area contributed by atoms with E-state index in [4.69, 9.17) is 0 Å². The summed E-state index contributed by atoms with van der Waals surface area (Å²) in [6, 6.07) is 0. The number of aromatic nitrogens is 2. The zero-order valence-corrected chi connectivity index (χ0v) is 8.54. The van der Waals surface area contributed by atoms with Gasteiger partial charge in [-0.2, -0.15) is 0 Å². The van der Waals surface area contributed by atoms with Gasteiger partial charge in [0.25, 0.3) is 0 Å². The van der Waals surface area contributed by atoms with Crippen molar-refractivity contribution in [2.45, 2.75) is 33.7 Å². The molecule has 0 saturated carbocycles. The van der Waals surface area contributed by atoms with Crippen LogP contribution in [0.4, 0.5) is 0 Å². The second-order valence-electron chi connectivity index (χ2n) is 4.63. The average Bonchev–Trinajstić information content (AvgIpc) is 2.30. The SMILES string of the molecule is C[n+]1ccn(CCC(C)(C)C)c1. The summed E-state index contributed by atoms with van der Waals surface area (Å²) in [5.74, 6) is 0. The fourth-order valence-electron chi connectivity index (χ4n) is 1.10. The maximum absolute atomic E-state index is 2.27. The first-order valence-electron chi connectivity index (χ1n) is 4.48. The maximum Gasteiger partial charge on any atom is 0.243 e. The van der Waals surface area contributed by atoms with Crippen LogP contribution in [-0.2, 0) is 13.6 Å². The Bertz CT molecular complexity index is 243. The molecule has 0 aliphatic carbocycles. The Morgan fingerprint density at radius 1 is 1.33 bits per heavy atom. The first kappa shape index (κ1) is 9.30. The zero-order valence-electron chi connectivity index (χ0n) is 8.54. The third-order valence-corrected chi connectivity index (χ3v) is 1.94. The molecule has 0 aliphatic rings. The zero-order chi connectivity index (χ0) is 9.19. The number of hydrogen-bond donors (Lipinski definition) is 0. The Labute approximate surface area is 74.8 Å². The summed E-state index contributed by atoms with van der Waals surface area (Å²) in [6.07, 6.45) is 7.53. The number of aryl methyl sites for hydroxylation is 2. The lowest BCUT2D eigenvalue weighted by Crippen LogP contribution is -2.24. The smallest absolute Gasteiger partial charge is 0.240 e. The highest BCUT2D eigenvalue weighted by Crippen LogP contribution is 2.18. The third-order valence-electron chi connectivity index (χ3n) is 1.94. The Balaban J connectivity index is 2.44. The van der Waals surface area contributed by atoms with Crippen LogP contribution in [0.5, 0.6) is 0 Å². The quantitative estimate of drug-likeness (QED) is 0.593. The van der Waals surface area contributed by atoms with Crippen molar-refractivity contribution in [2.24, 2.45) is 12.5 Å². The van der Waals surface area contributed by atoms with E-state index in [2.05, 4.69) is 48.6 Å². The van der Waals surface area contributed by atoms with E-state index < -0.39 is 0 Å². The highest BCUT2D eigenvalue weighted by molar-refractivity contribution is 4.68. The van der Waals surface area contributed by atoms with Crippen molar-refractivity contribution in [3.8, 4) is 0 Å². The maximum atomic E-state index is 2.27. The van der Waals surface area contributed by atoms with Gasteiger partial charge in [0.1, 0.15) is 12.4 Å². The van der Waals surface area contributed by atoms with Crippen LogP contribution in [0.25, 0.3) is 0 Å². The third kappa shape index (κ3) is 3.07. The molecule has 0 spiro atoms. The fraction of sp³-hybridized carbons (Fsp3) is 0.700. The van der Waals surface area contributed by atoms with E-state index in [1.165, 1.54) is 6.42 Å². The van der Waals surface area contributed by atoms with Crippen LogP contribution in [-0.4, -0.2) is 4.57 Å². The van der Waals surface area contributed by atoms with Crippen LogP contribution in [0.3, 0.4) is 0 Å². The van der Waals surface area contributed by atoms with Crippen molar-refractivity contribution in [1.82, 2.24) is 4.57 Å². The Morgan fingerprint density at radius 3 is 2.42 bits per heavy atom. The van der Waals surface area contributed by atoms with Crippen LogP contribution in [0.1, 0.15) is 27.2 Å². The Hall–Kier alpha value is -0.790. The van der Waals surface area contributed by atoms with E-state index in [-0.39, 0.29) is 0 Å². The number of hydrogen-bond acceptors (Lipinski definition) is 0. The monoisotopic (exact) mass is 167 g/mol. The van der Waals surface area contributed by atoms with E-state index in [9.17, 15) is 0 Å². The molecule has 0 saturated heterocycles. The lowest BCUT2D eigenvalue weighted by molar-refractivity contribution is -0.671. The van der Waals surface area contributed by atoms with Crippen LogP contribution < -0.4 is 4.57 Å². The minimum Gasteiger partial charge on any atom is -0.240 e. The summed E-state index contributed by atoms with van der Waals surface area (Å²) in [5.41, 5.74) is 0.433. The molecule has 68 valence electrons. The molecule has 0 aromatic carbocycles. The van der Waals surface area contributed by atoms with Gasteiger partial charge in [0.2, 0.25) is 6.33 Å². The summed E-state index contributed by atoms with van der Waals surface area (Å²) < 4.78 is 4.30. The van der Waals surface area contributed by atoms with Gasteiger partial charge in [0, 0.05) is 0 Å². The molecule has 0 fully saturated rings. The van der Waals surface area contributed by atoms with Crippen LogP contribution in [0.2, 0.25) is 0 Å². The van der Waals surface area contributed by atoms with E-state index in [1.54, 1.807) is 0 Å². The highest BCUT2D eigenvalue weighted by Gasteiger charge is 2.11. The minimum absolute atomic E-state index is 0.433. The van der Waals surface area contributed by atoms with Crippen molar-refractivity contribution in [3.63, 3.8) is 0 Å². The van der Waals surface area contributed by atoms with E-state index in [1.807, 2.05) is 7.05 Å². The molecule has 0 aliphatic heterocycles. The topological polar surface area (TPSA) is 8.81 Å². The Kier molecular flexibility index (Phi) is 2.55. The van der Waals surface area contributed by atoms with Gasteiger partial charge < -0.3 is 0 Å². The molecular formula is C10H19N2+. The fourth-order valence-corrected chi connectivity index (χ4v) is 1.10. The molecule has 2 nitrogen and oxygen atoms in total. The molecular weight excluding hydrogens is 148 g/mol. The van der Waals surface area contributed by atoms with Gasteiger partial charge >= 0.3 is 0 Å². The summed E-state index contributed by atoms with van der Waals surface area (Å²) in [7, 11) is 2.05. The van der Waals surface area contributed by atoms with Gasteiger partial charge in [0.15, 0.2) is 0 Å². The molecule has 1 aromatic heterocycles. The van der Waals surface area contributed by atoms with Crippen LogP contribution >= 0.6 is 0 Å². The van der Waals surface area contributed by atoms with Gasteiger partial charge in [-0.15, -0.1) is 0 Å². The Morgan fingerprint density at radius 2 is 2.00 bits per heavy atom. The number of nitrogens with zero attached hydrogens (tertiary/aromatic N) is 2. The van der Waals surface area contributed by atoms with Crippen molar-refractivity contribution < 1.29 is 4.57 Å². The van der Waals surface area contributed by atoms with Gasteiger partial charge in [-0.3, -0.25) is 0 Å². The average molecular weight is 167 g/mol. The van der Waals surface area contributed by atoms with Gasteiger partial charge in [-0.25, -0.2) is 9.13 Å². The largest absolute Gasteiger partial charge is 0.243 e. The van der Waals surface area contributed by atoms with Crippen molar-refractivity contribution in [3.05, 3.63) is 18.7 Å². The van der Waals surface area contributed by atoms with Gasteiger partial charge in [-0.05, 0) is 11.8 Å². The number of rotatable bonds is 2. The summed E-state index contributed by atoms with van der Waals surface area (Å²) in [6.45, 7) is 7.94. The first-order chi connectivity index (χ1) is 5.47. The lowest BCUT2D eigenvalue weighted by atomic mass is 9.92. The second kappa shape index (κ2) is 3.30. The predicted molar refractivity (Wildman–Crippen MR) is 49.7 cm³/mol. The molecule has 0 bridgehead atoms. The van der Waals surface area contributed by atoms with Crippen molar-refractivity contribution in [1.29, 1.82) is 0 Å². The van der Waals surface area contributed by atoms with Crippen molar-refractivity contribution in [2.75, 3.05) is 0 Å². The minimum atomic E-state index is 0.433. The van der Waals surface area contributed by atoms with Crippen LogP contribution in [0.15, 0.2) is 18.7 Å². The van der Waals surface area contributed by atoms with Crippen LogP contribution in [0, 0.1) is 5.41 Å². The molecule has 1 rings (SSSR count). The standard InChI is InChI=1S/C10H19N2/c1-10(2,3)5-6-12-8-7-11(4)9-12/h7-9H,5-6H2,1-4H3/q+1. The number of imidazole rings is 1. The summed E-state index contributed by atoms with van der Waals surface area (Å²) >= 11 is 0. The molecule has 0 atom stereocenters. The summed E-state index contributed by atoms with van der Waals surface area (Å²) in [5, 5.41) is 0. The second-order valence-corrected chi connectivity index (χ2v) is 4.63. The molecule has 12 heavy (non-hydrogen) atoms. The normalized spacial score (nSPS) is 12.0. The molecule has 1 aromatic rings. The molecule has 1 heterocycles.